The van der Waals surface area contributed by atoms with E-state index >= 15 is 0 Å². The number of ether oxygens (including phenoxy) is 2. The molecule has 6 nitrogen and oxygen atoms in total. The van der Waals surface area contributed by atoms with Crippen LogP contribution in [0.2, 0.25) is 5.02 Å². The molecule has 0 atom stereocenters. The lowest BCUT2D eigenvalue weighted by Crippen LogP contribution is -2.01. The zero-order valence-corrected chi connectivity index (χ0v) is 12.3. The third-order valence-corrected chi connectivity index (χ3v) is 3.45. The molecule has 21 heavy (non-hydrogen) atoms. The Balaban J connectivity index is 2.28. The second-order valence-corrected chi connectivity index (χ2v) is 4.78. The van der Waals surface area contributed by atoms with E-state index in [2.05, 4.69) is 10.1 Å². The minimum atomic E-state index is 0.260. The van der Waals surface area contributed by atoms with Gasteiger partial charge in [0.25, 0.3) is 0 Å². The maximum atomic E-state index is 5.96. The molecule has 0 fully saturated rings. The van der Waals surface area contributed by atoms with E-state index in [1.807, 2.05) is 18.2 Å². The minimum absolute atomic E-state index is 0.260. The Bertz CT molecular complexity index is 797. The van der Waals surface area contributed by atoms with Gasteiger partial charge in [-0.25, -0.2) is 9.67 Å². The Labute approximate surface area is 126 Å². The van der Waals surface area contributed by atoms with Crippen molar-refractivity contribution in [1.82, 2.24) is 14.8 Å². The van der Waals surface area contributed by atoms with Gasteiger partial charge in [0.1, 0.15) is 5.02 Å². The van der Waals surface area contributed by atoms with E-state index in [4.69, 9.17) is 26.8 Å². The number of nitrogen functional groups attached to an aromatic ring is 1. The molecule has 0 amide bonds. The summed E-state index contributed by atoms with van der Waals surface area (Å²) in [4.78, 5) is 4.35. The van der Waals surface area contributed by atoms with Crippen molar-refractivity contribution in [2.24, 2.45) is 0 Å². The van der Waals surface area contributed by atoms with E-state index in [0.29, 0.717) is 22.3 Å². The Morgan fingerprint density at radius 2 is 1.90 bits per heavy atom. The molecule has 0 unspecified atom stereocenters. The number of anilines is 1. The molecule has 0 aliphatic carbocycles. The number of hydrogen-bond acceptors (Lipinski definition) is 5. The van der Waals surface area contributed by atoms with Crippen molar-refractivity contribution in [3.05, 3.63) is 35.6 Å². The maximum absolute atomic E-state index is 5.96. The number of methoxy groups -OCH3 is 2. The summed E-state index contributed by atoms with van der Waals surface area (Å²) in [6, 6.07) is 5.62. The summed E-state index contributed by atoms with van der Waals surface area (Å²) in [6.45, 7) is 0. The molecule has 3 rings (SSSR count). The van der Waals surface area contributed by atoms with Crippen LogP contribution in [0.15, 0.2) is 30.6 Å². The molecule has 0 aliphatic rings. The highest BCUT2D eigenvalue weighted by atomic mass is 35.5. The van der Waals surface area contributed by atoms with E-state index in [0.717, 1.165) is 10.8 Å². The molecule has 0 aliphatic heterocycles. The fourth-order valence-electron chi connectivity index (χ4n) is 2.14. The van der Waals surface area contributed by atoms with Crippen LogP contribution in [-0.2, 0) is 0 Å². The number of halogens is 1. The van der Waals surface area contributed by atoms with E-state index in [1.54, 1.807) is 31.3 Å². The molecule has 7 heteroatoms. The minimum Gasteiger partial charge on any atom is -0.493 e. The number of hydrogen-bond donors (Lipinski definition) is 1. The topological polar surface area (TPSA) is 75.2 Å². The molecule has 1 aromatic carbocycles. The molecule has 0 radical (unpaired) electrons. The van der Waals surface area contributed by atoms with Gasteiger partial charge in [-0.1, -0.05) is 11.6 Å². The highest BCUT2D eigenvalue weighted by Crippen LogP contribution is 2.34. The molecule has 2 aromatic heterocycles. The van der Waals surface area contributed by atoms with Gasteiger partial charge in [0, 0.05) is 11.6 Å². The monoisotopic (exact) mass is 304 g/mol. The van der Waals surface area contributed by atoms with Crippen LogP contribution in [0, 0.1) is 0 Å². The third-order valence-electron chi connectivity index (χ3n) is 3.16. The van der Waals surface area contributed by atoms with Crippen LogP contribution >= 0.6 is 11.6 Å². The summed E-state index contributed by atoms with van der Waals surface area (Å²) in [5, 5.41) is 6.34. The Kier molecular flexibility index (Phi) is 3.31. The van der Waals surface area contributed by atoms with Gasteiger partial charge in [0.2, 0.25) is 0 Å². The lowest BCUT2D eigenvalue weighted by molar-refractivity contribution is 0.356. The molecule has 2 N–H and O–H groups in total. The summed E-state index contributed by atoms with van der Waals surface area (Å²) in [6.07, 6.45) is 3.31. The predicted molar refractivity (Wildman–Crippen MR) is 81.4 cm³/mol. The SMILES string of the molecule is COc1cc2ccnc(-n3cc(Cl)c(N)n3)c2cc1OC. The smallest absolute Gasteiger partial charge is 0.164 e. The standard InChI is InChI=1S/C14H13ClN4O2/c1-20-11-5-8-3-4-17-14(9(8)6-12(11)21-2)19-7-10(15)13(16)18-19/h3-7H,1-2H3,(H2,16,18). The van der Waals surface area contributed by atoms with Crippen molar-refractivity contribution < 1.29 is 9.47 Å². The van der Waals surface area contributed by atoms with Crippen LogP contribution in [0.25, 0.3) is 16.6 Å². The molecule has 2 heterocycles. The zero-order chi connectivity index (χ0) is 15.0. The normalized spacial score (nSPS) is 10.8. The number of benzene rings is 1. The number of rotatable bonds is 3. The number of nitrogens with two attached hydrogens (primary N) is 1. The molecule has 0 spiro atoms. The quantitative estimate of drug-likeness (QED) is 0.805. The second-order valence-electron chi connectivity index (χ2n) is 4.37. The highest BCUT2D eigenvalue weighted by molar-refractivity contribution is 6.32. The lowest BCUT2D eigenvalue weighted by atomic mass is 10.1. The molecular formula is C14H13ClN4O2. The zero-order valence-electron chi connectivity index (χ0n) is 11.5. The average Bonchev–Trinajstić information content (AvgIpc) is 2.84. The van der Waals surface area contributed by atoms with Crippen molar-refractivity contribution in [2.45, 2.75) is 0 Å². The summed E-state index contributed by atoms with van der Waals surface area (Å²) in [5.74, 6) is 2.15. The van der Waals surface area contributed by atoms with Gasteiger partial charge in [-0.3, -0.25) is 0 Å². The first-order valence-corrected chi connectivity index (χ1v) is 6.53. The number of fused-ring (bicyclic) bond motifs is 1. The van der Waals surface area contributed by atoms with Crippen molar-refractivity contribution in [3.63, 3.8) is 0 Å². The first-order chi connectivity index (χ1) is 10.1. The Morgan fingerprint density at radius 3 is 2.52 bits per heavy atom. The Hall–Kier alpha value is -2.47. The summed E-state index contributed by atoms with van der Waals surface area (Å²) < 4.78 is 12.2. The fraction of sp³-hybridized carbons (Fsp3) is 0.143. The van der Waals surface area contributed by atoms with Gasteiger partial charge in [0.05, 0.1) is 20.4 Å². The third kappa shape index (κ3) is 2.23. The summed E-state index contributed by atoms with van der Waals surface area (Å²) in [7, 11) is 3.18. The van der Waals surface area contributed by atoms with Crippen molar-refractivity contribution in [1.29, 1.82) is 0 Å². The molecule has 0 saturated heterocycles. The van der Waals surface area contributed by atoms with Crippen LogP contribution in [0.5, 0.6) is 11.5 Å². The maximum Gasteiger partial charge on any atom is 0.164 e. The summed E-state index contributed by atoms with van der Waals surface area (Å²) >= 11 is 5.96. The lowest BCUT2D eigenvalue weighted by Gasteiger charge is -2.11. The number of pyridine rings is 1. The van der Waals surface area contributed by atoms with Gasteiger partial charge in [-0.05, 0) is 23.6 Å². The van der Waals surface area contributed by atoms with Crippen LogP contribution in [-0.4, -0.2) is 29.0 Å². The largest absolute Gasteiger partial charge is 0.493 e. The van der Waals surface area contributed by atoms with Crippen LogP contribution in [0.1, 0.15) is 0 Å². The molecule has 3 aromatic rings. The van der Waals surface area contributed by atoms with Gasteiger partial charge in [-0.15, -0.1) is 5.10 Å². The fourth-order valence-corrected chi connectivity index (χ4v) is 2.27. The van der Waals surface area contributed by atoms with Crippen LogP contribution < -0.4 is 15.2 Å². The molecule has 0 saturated carbocycles. The van der Waals surface area contributed by atoms with Gasteiger partial charge in [-0.2, -0.15) is 0 Å². The molecule has 0 bridgehead atoms. The van der Waals surface area contributed by atoms with Gasteiger partial charge < -0.3 is 15.2 Å². The Morgan fingerprint density at radius 1 is 1.19 bits per heavy atom. The first-order valence-electron chi connectivity index (χ1n) is 6.16. The van der Waals surface area contributed by atoms with E-state index in [9.17, 15) is 0 Å². The number of nitrogens with zero attached hydrogens (tertiary/aromatic N) is 3. The predicted octanol–water partition coefficient (Wildman–Crippen LogP) is 2.67. The van der Waals surface area contributed by atoms with Crippen LogP contribution in [0.4, 0.5) is 5.82 Å². The van der Waals surface area contributed by atoms with Crippen molar-refractivity contribution in [2.75, 3.05) is 20.0 Å². The first kappa shape index (κ1) is 13.5. The van der Waals surface area contributed by atoms with E-state index in [-0.39, 0.29) is 5.82 Å². The van der Waals surface area contributed by atoms with Crippen molar-refractivity contribution >= 4 is 28.2 Å². The number of aromatic nitrogens is 3. The van der Waals surface area contributed by atoms with Gasteiger partial charge in [0.15, 0.2) is 23.1 Å². The van der Waals surface area contributed by atoms with Crippen LogP contribution in [0.3, 0.4) is 0 Å². The molecular weight excluding hydrogens is 292 g/mol. The molecule has 108 valence electrons. The highest BCUT2D eigenvalue weighted by Gasteiger charge is 2.13. The second kappa shape index (κ2) is 5.14. The summed E-state index contributed by atoms with van der Waals surface area (Å²) in [5.41, 5.74) is 5.69. The van der Waals surface area contributed by atoms with E-state index < -0.39 is 0 Å². The average molecular weight is 305 g/mol. The van der Waals surface area contributed by atoms with Crippen molar-refractivity contribution in [3.8, 4) is 17.3 Å². The van der Waals surface area contributed by atoms with E-state index in [1.165, 1.54) is 0 Å². The van der Waals surface area contributed by atoms with Gasteiger partial charge >= 0.3 is 0 Å².